The Hall–Kier alpha value is -2.04. The predicted octanol–water partition coefficient (Wildman–Crippen LogP) is 1.11. The van der Waals surface area contributed by atoms with Crippen LogP contribution in [0.2, 0.25) is 0 Å². The smallest absolute Gasteiger partial charge is 0.335 e. The van der Waals surface area contributed by atoms with Gasteiger partial charge in [-0.15, -0.1) is 0 Å². The Morgan fingerprint density at radius 1 is 1.47 bits per heavy atom. The first-order chi connectivity index (χ1) is 7.26. The van der Waals surface area contributed by atoms with Crippen molar-refractivity contribution in [3.05, 3.63) is 29.8 Å². The summed E-state index contributed by atoms with van der Waals surface area (Å²) in [7, 11) is 1.61. The number of hydrogen-bond donors (Lipinski definition) is 2. The lowest BCUT2D eigenvalue weighted by atomic mass is 10.2. The standard InChI is InChI=1S/C10H13N3O2/c1-11-13-10(14)12-7-8-3-5-9(15-2)6-4-8/h3-6H,1,7H2,2H3,(H2,12,13,14). The molecule has 1 rings (SSSR count). The molecular weight excluding hydrogens is 194 g/mol. The van der Waals surface area contributed by atoms with Crippen molar-refractivity contribution in [1.29, 1.82) is 0 Å². The van der Waals surface area contributed by atoms with Crippen LogP contribution < -0.4 is 15.5 Å². The maximum atomic E-state index is 11.0. The van der Waals surface area contributed by atoms with Crippen molar-refractivity contribution in [2.75, 3.05) is 7.11 Å². The zero-order valence-corrected chi connectivity index (χ0v) is 8.49. The molecule has 0 aliphatic carbocycles. The third kappa shape index (κ3) is 3.68. The molecule has 80 valence electrons. The van der Waals surface area contributed by atoms with Crippen LogP contribution in [-0.2, 0) is 6.54 Å². The van der Waals surface area contributed by atoms with Crippen LogP contribution in [0.4, 0.5) is 4.79 Å². The molecule has 1 aromatic carbocycles. The van der Waals surface area contributed by atoms with E-state index in [1.807, 2.05) is 24.3 Å². The first-order valence-corrected chi connectivity index (χ1v) is 4.38. The highest BCUT2D eigenvalue weighted by molar-refractivity contribution is 5.73. The Balaban J connectivity index is 2.43. The molecule has 0 heterocycles. The van der Waals surface area contributed by atoms with Crippen LogP contribution in [0.1, 0.15) is 5.56 Å². The van der Waals surface area contributed by atoms with Gasteiger partial charge in [-0.25, -0.2) is 10.2 Å². The van der Waals surface area contributed by atoms with Crippen LogP contribution in [0.5, 0.6) is 5.75 Å². The molecule has 0 aliphatic rings. The number of benzene rings is 1. The highest BCUT2D eigenvalue weighted by Gasteiger charge is 1.98. The maximum Gasteiger partial charge on any atom is 0.335 e. The molecule has 0 saturated carbocycles. The topological polar surface area (TPSA) is 62.7 Å². The van der Waals surface area contributed by atoms with Crippen LogP contribution in [0, 0.1) is 0 Å². The van der Waals surface area contributed by atoms with Gasteiger partial charge in [0.05, 0.1) is 7.11 Å². The molecule has 5 heteroatoms. The lowest BCUT2D eigenvalue weighted by molar-refractivity contribution is 0.241. The summed E-state index contributed by atoms with van der Waals surface area (Å²) in [6, 6.07) is 7.04. The third-order valence-electron chi connectivity index (χ3n) is 1.79. The van der Waals surface area contributed by atoms with Crippen molar-refractivity contribution >= 4 is 12.7 Å². The Bertz CT molecular complexity index is 335. The second-order valence-corrected chi connectivity index (χ2v) is 2.80. The van der Waals surface area contributed by atoms with E-state index in [0.717, 1.165) is 11.3 Å². The molecule has 0 atom stereocenters. The summed E-state index contributed by atoms with van der Waals surface area (Å²) < 4.78 is 5.01. The van der Waals surface area contributed by atoms with Gasteiger partial charge >= 0.3 is 6.03 Å². The molecule has 5 nitrogen and oxygen atoms in total. The van der Waals surface area contributed by atoms with Crippen LogP contribution in [0.15, 0.2) is 29.4 Å². The van der Waals surface area contributed by atoms with Crippen LogP contribution >= 0.6 is 0 Å². The van der Waals surface area contributed by atoms with E-state index in [9.17, 15) is 4.79 Å². The minimum absolute atomic E-state index is 0.374. The number of methoxy groups -OCH3 is 1. The molecule has 0 saturated heterocycles. The number of rotatable bonds is 4. The maximum absolute atomic E-state index is 11.0. The third-order valence-corrected chi connectivity index (χ3v) is 1.79. The van der Waals surface area contributed by atoms with Gasteiger partial charge < -0.3 is 10.1 Å². The van der Waals surface area contributed by atoms with Gasteiger partial charge in [0.2, 0.25) is 0 Å². The Kier molecular flexibility index (Phi) is 4.15. The number of nitrogens with one attached hydrogen (secondary N) is 2. The second kappa shape index (κ2) is 5.64. The quantitative estimate of drug-likeness (QED) is 0.574. The molecule has 0 fully saturated rings. The summed E-state index contributed by atoms with van der Waals surface area (Å²) in [6.07, 6.45) is 0. The first-order valence-electron chi connectivity index (χ1n) is 4.38. The van der Waals surface area contributed by atoms with E-state index >= 15 is 0 Å². The fourth-order valence-electron chi connectivity index (χ4n) is 1.04. The van der Waals surface area contributed by atoms with E-state index in [1.54, 1.807) is 7.11 Å². The van der Waals surface area contributed by atoms with E-state index in [0.29, 0.717) is 6.54 Å². The Morgan fingerprint density at radius 2 is 2.13 bits per heavy atom. The normalized spacial score (nSPS) is 9.13. The van der Waals surface area contributed by atoms with E-state index in [2.05, 4.69) is 22.6 Å². The summed E-state index contributed by atoms with van der Waals surface area (Å²) in [5.41, 5.74) is 3.16. The second-order valence-electron chi connectivity index (χ2n) is 2.80. The first kappa shape index (κ1) is 11.0. The van der Waals surface area contributed by atoms with E-state index in [4.69, 9.17) is 4.74 Å². The highest BCUT2D eigenvalue weighted by Crippen LogP contribution is 2.10. The number of urea groups is 1. The summed E-state index contributed by atoms with van der Waals surface area (Å²) in [6.45, 7) is 3.58. The van der Waals surface area contributed by atoms with Gasteiger partial charge in [-0.1, -0.05) is 12.1 Å². The van der Waals surface area contributed by atoms with Gasteiger partial charge in [0.25, 0.3) is 0 Å². The van der Waals surface area contributed by atoms with Gasteiger partial charge in [0.15, 0.2) is 0 Å². The van der Waals surface area contributed by atoms with Gasteiger partial charge in [-0.2, -0.15) is 5.10 Å². The number of carbonyl (C=O) groups is 1. The number of carbonyl (C=O) groups excluding carboxylic acids is 1. The van der Waals surface area contributed by atoms with Gasteiger partial charge in [-0.05, 0) is 17.7 Å². The van der Waals surface area contributed by atoms with Crippen LogP contribution in [0.25, 0.3) is 0 Å². The van der Waals surface area contributed by atoms with Gasteiger partial charge in [0.1, 0.15) is 5.75 Å². The van der Waals surface area contributed by atoms with Gasteiger partial charge in [0, 0.05) is 13.3 Å². The molecule has 0 bridgehead atoms. The molecular formula is C10H13N3O2. The SMILES string of the molecule is C=NNC(=O)NCc1ccc(OC)cc1. The molecule has 0 aliphatic heterocycles. The van der Waals surface area contributed by atoms with Crippen molar-refractivity contribution in [3.63, 3.8) is 0 Å². The molecule has 2 amide bonds. The minimum Gasteiger partial charge on any atom is -0.497 e. The van der Waals surface area contributed by atoms with E-state index in [-0.39, 0.29) is 6.03 Å². The molecule has 0 aromatic heterocycles. The average Bonchev–Trinajstić information content (AvgIpc) is 2.27. The molecule has 0 spiro atoms. The molecule has 1 aromatic rings. The fourth-order valence-corrected chi connectivity index (χ4v) is 1.04. The Morgan fingerprint density at radius 3 is 2.67 bits per heavy atom. The van der Waals surface area contributed by atoms with E-state index in [1.165, 1.54) is 0 Å². The average molecular weight is 207 g/mol. The zero-order valence-electron chi connectivity index (χ0n) is 8.49. The van der Waals surface area contributed by atoms with Crippen molar-refractivity contribution in [2.24, 2.45) is 5.10 Å². The van der Waals surface area contributed by atoms with Crippen molar-refractivity contribution < 1.29 is 9.53 Å². The summed E-state index contributed by atoms with van der Waals surface area (Å²) in [5.74, 6) is 0.788. The molecule has 2 N–H and O–H groups in total. The summed E-state index contributed by atoms with van der Waals surface area (Å²) in [4.78, 5) is 11.0. The van der Waals surface area contributed by atoms with Gasteiger partial charge in [-0.3, -0.25) is 0 Å². The van der Waals surface area contributed by atoms with Crippen molar-refractivity contribution in [3.8, 4) is 5.75 Å². The number of ether oxygens (including phenoxy) is 1. The van der Waals surface area contributed by atoms with Crippen LogP contribution in [0.3, 0.4) is 0 Å². The largest absolute Gasteiger partial charge is 0.497 e. The van der Waals surface area contributed by atoms with Crippen LogP contribution in [-0.4, -0.2) is 19.9 Å². The summed E-state index contributed by atoms with van der Waals surface area (Å²) in [5, 5.41) is 5.86. The fraction of sp³-hybridized carbons (Fsp3) is 0.200. The number of nitrogens with zero attached hydrogens (tertiary/aromatic N) is 1. The number of hydrogen-bond acceptors (Lipinski definition) is 3. The molecule has 0 radical (unpaired) electrons. The zero-order chi connectivity index (χ0) is 11.1. The minimum atomic E-state index is -0.374. The molecule has 15 heavy (non-hydrogen) atoms. The molecule has 0 unspecified atom stereocenters. The number of hydrazone groups is 1. The Labute approximate surface area is 88.1 Å². The monoisotopic (exact) mass is 207 g/mol. The predicted molar refractivity (Wildman–Crippen MR) is 57.9 cm³/mol. The van der Waals surface area contributed by atoms with E-state index < -0.39 is 0 Å². The lowest BCUT2D eigenvalue weighted by Crippen LogP contribution is -2.31. The lowest BCUT2D eigenvalue weighted by Gasteiger charge is -2.05. The summed E-state index contributed by atoms with van der Waals surface area (Å²) >= 11 is 0. The van der Waals surface area contributed by atoms with Crippen molar-refractivity contribution in [2.45, 2.75) is 6.54 Å². The number of amides is 2. The van der Waals surface area contributed by atoms with Crippen molar-refractivity contribution in [1.82, 2.24) is 10.7 Å². The highest BCUT2D eigenvalue weighted by atomic mass is 16.5.